The Morgan fingerprint density at radius 1 is 1.35 bits per heavy atom. The molecular formula is C18H25N3O2. The van der Waals surface area contributed by atoms with Gasteiger partial charge in [0.1, 0.15) is 11.6 Å². The summed E-state index contributed by atoms with van der Waals surface area (Å²) in [4.78, 5) is 26.7. The highest BCUT2D eigenvalue weighted by atomic mass is 16.1. The van der Waals surface area contributed by atoms with E-state index in [-0.39, 0.29) is 23.1 Å². The van der Waals surface area contributed by atoms with Crippen molar-refractivity contribution in [2.24, 2.45) is 5.92 Å². The van der Waals surface area contributed by atoms with E-state index < -0.39 is 0 Å². The van der Waals surface area contributed by atoms with Gasteiger partial charge in [-0.15, -0.1) is 0 Å². The number of rotatable bonds is 4. The second-order valence-electron chi connectivity index (χ2n) is 6.61. The van der Waals surface area contributed by atoms with Gasteiger partial charge in [0.05, 0.1) is 0 Å². The lowest BCUT2D eigenvalue weighted by molar-refractivity contribution is -0.122. The van der Waals surface area contributed by atoms with Crippen LogP contribution in [0.2, 0.25) is 0 Å². The van der Waals surface area contributed by atoms with E-state index in [1.54, 1.807) is 6.92 Å². The zero-order valence-corrected chi connectivity index (χ0v) is 14.2. The Morgan fingerprint density at radius 2 is 2.04 bits per heavy atom. The lowest BCUT2D eigenvalue weighted by Crippen LogP contribution is -2.41. The molecule has 0 saturated heterocycles. The van der Waals surface area contributed by atoms with Crippen LogP contribution in [0.3, 0.4) is 0 Å². The number of carbonyl (C=O) groups is 1. The monoisotopic (exact) mass is 315 g/mol. The van der Waals surface area contributed by atoms with Crippen molar-refractivity contribution in [2.45, 2.75) is 65.3 Å². The fourth-order valence-electron chi connectivity index (χ4n) is 3.47. The summed E-state index contributed by atoms with van der Waals surface area (Å²) in [7, 11) is 0. The van der Waals surface area contributed by atoms with Crippen LogP contribution in [0.1, 0.15) is 61.4 Å². The fraction of sp³-hybridized carbons (Fsp3) is 0.611. The van der Waals surface area contributed by atoms with Gasteiger partial charge in [-0.1, -0.05) is 19.8 Å². The summed E-state index contributed by atoms with van der Waals surface area (Å²) in [6, 6.07) is 2.23. The van der Waals surface area contributed by atoms with Crippen LogP contribution >= 0.6 is 0 Å². The quantitative estimate of drug-likeness (QED) is 0.895. The van der Waals surface area contributed by atoms with E-state index in [0.29, 0.717) is 24.3 Å². The second-order valence-corrected chi connectivity index (χ2v) is 6.61. The number of nitrogens with zero attached hydrogens (tertiary/aromatic N) is 1. The smallest absolute Gasteiger partial charge is 0.266 e. The number of hydrogen-bond donors (Lipinski definition) is 2. The summed E-state index contributed by atoms with van der Waals surface area (Å²) in [5.41, 5.74) is 2.12. The number of aryl methyl sites for hydroxylation is 1. The van der Waals surface area contributed by atoms with Crippen LogP contribution in [0, 0.1) is 31.1 Å². The zero-order chi connectivity index (χ0) is 17.0. The molecule has 1 aromatic rings. The van der Waals surface area contributed by atoms with Gasteiger partial charge in [0.2, 0.25) is 5.91 Å². The first-order valence-corrected chi connectivity index (χ1v) is 8.35. The second kappa shape index (κ2) is 7.45. The standard InChI is InChI=1S/C18H25N3O2/c1-11-6-4-5-7-16(11)21-17(22)9-8-14-12(2)15(10-19)18(23)20-13(14)3/h11,16H,4-9H2,1-3H3,(H,20,23)(H,21,22). The Labute approximate surface area is 137 Å². The molecule has 124 valence electrons. The molecule has 2 rings (SSSR count). The number of aromatic amines is 1. The highest BCUT2D eigenvalue weighted by molar-refractivity contribution is 5.76. The molecule has 2 N–H and O–H groups in total. The van der Waals surface area contributed by atoms with Crippen molar-refractivity contribution in [1.82, 2.24) is 10.3 Å². The summed E-state index contributed by atoms with van der Waals surface area (Å²) in [6.07, 6.45) is 5.58. The summed E-state index contributed by atoms with van der Waals surface area (Å²) in [5, 5.41) is 12.2. The average molecular weight is 315 g/mol. The molecular weight excluding hydrogens is 290 g/mol. The molecule has 0 aliphatic heterocycles. The summed E-state index contributed by atoms with van der Waals surface area (Å²) in [6.45, 7) is 5.78. The average Bonchev–Trinajstić information content (AvgIpc) is 2.49. The molecule has 5 heteroatoms. The van der Waals surface area contributed by atoms with Crippen molar-refractivity contribution in [1.29, 1.82) is 5.26 Å². The molecule has 0 aromatic carbocycles. The maximum absolute atomic E-state index is 12.2. The first kappa shape index (κ1) is 17.3. The SMILES string of the molecule is Cc1[nH]c(=O)c(C#N)c(C)c1CCC(=O)NC1CCCCC1C. The van der Waals surface area contributed by atoms with Crippen LogP contribution < -0.4 is 10.9 Å². The molecule has 0 spiro atoms. The van der Waals surface area contributed by atoms with Crippen LogP contribution in [-0.2, 0) is 11.2 Å². The van der Waals surface area contributed by atoms with Crippen LogP contribution in [-0.4, -0.2) is 16.9 Å². The number of aromatic nitrogens is 1. The Hall–Kier alpha value is -2.09. The van der Waals surface area contributed by atoms with Gasteiger partial charge >= 0.3 is 0 Å². The minimum absolute atomic E-state index is 0.0484. The Bertz CT molecular complexity index is 685. The predicted octanol–water partition coefficient (Wildman–Crippen LogP) is 2.49. The summed E-state index contributed by atoms with van der Waals surface area (Å²) in [5.74, 6) is 0.585. The Kier molecular flexibility index (Phi) is 5.59. The first-order chi connectivity index (χ1) is 10.9. The molecule has 0 radical (unpaired) electrons. The molecule has 1 amide bonds. The minimum atomic E-state index is -0.355. The van der Waals surface area contributed by atoms with Gasteiger partial charge in [0.25, 0.3) is 5.56 Å². The fourth-order valence-corrected chi connectivity index (χ4v) is 3.47. The summed E-state index contributed by atoms with van der Waals surface area (Å²) < 4.78 is 0. The van der Waals surface area contributed by atoms with Crippen LogP contribution in [0.5, 0.6) is 0 Å². The van der Waals surface area contributed by atoms with E-state index in [4.69, 9.17) is 5.26 Å². The summed E-state index contributed by atoms with van der Waals surface area (Å²) >= 11 is 0. The van der Waals surface area contributed by atoms with Gasteiger partial charge in [0.15, 0.2) is 0 Å². The predicted molar refractivity (Wildman–Crippen MR) is 89.1 cm³/mol. The molecule has 1 saturated carbocycles. The van der Waals surface area contributed by atoms with Crippen molar-refractivity contribution < 1.29 is 4.79 Å². The van der Waals surface area contributed by atoms with Crippen LogP contribution in [0.25, 0.3) is 0 Å². The number of nitriles is 1. The third-order valence-corrected chi connectivity index (χ3v) is 4.98. The molecule has 1 aromatic heterocycles. The molecule has 2 unspecified atom stereocenters. The van der Waals surface area contributed by atoms with Gasteiger partial charge in [0, 0.05) is 18.2 Å². The van der Waals surface area contributed by atoms with Gasteiger partial charge in [-0.05, 0) is 50.2 Å². The van der Waals surface area contributed by atoms with Crippen LogP contribution in [0.4, 0.5) is 0 Å². The number of H-pyrrole nitrogens is 1. The van der Waals surface area contributed by atoms with E-state index in [0.717, 1.165) is 17.7 Å². The van der Waals surface area contributed by atoms with E-state index in [9.17, 15) is 9.59 Å². The molecule has 1 aliphatic rings. The Balaban J connectivity index is 2.02. The molecule has 5 nitrogen and oxygen atoms in total. The molecule has 1 heterocycles. The molecule has 2 atom stereocenters. The third kappa shape index (κ3) is 4.01. The first-order valence-electron chi connectivity index (χ1n) is 8.35. The zero-order valence-electron chi connectivity index (χ0n) is 14.2. The van der Waals surface area contributed by atoms with Crippen molar-refractivity contribution in [2.75, 3.05) is 0 Å². The molecule has 0 bridgehead atoms. The van der Waals surface area contributed by atoms with Gasteiger partial charge in [-0.2, -0.15) is 5.26 Å². The number of amides is 1. The van der Waals surface area contributed by atoms with Crippen molar-refractivity contribution >= 4 is 5.91 Å². The molecule has 23 heavy (non-hydrogen) atoms. The maximum atomic E-state index is 12.2. The maximum Gasteiger partial charge on any atom is 0.266 e. The van der Waals surface area contributed by atoms with E-state index in [2.05, 4.69) is 17.2 Å². The number of hydrogen-bond acceptors (Lipinski definition) is 3. The molecule has 1 aliphatic carbocycles. The van der Waals surface area contributed by atoms with Crippen molar-refractivity contribution in [3.05, 3.63) is 32.7 Å². The Morgan fingerprint density at radius 3 is 2.70 bits per heavy atom. The minimum Gasteiger partial charge on any atom is -0.353 e. The number of nitrogens with one attached hydrogen (secondary N) is 2. The molecule has 1 fully saturated rings. The van der Waals surface area contributed by atoms with Gasteiger partial charge in [-0.3, -0.25) is 9.59 Å². The van der Waals surface area contributed by atoms with E-state index >= 15 is 0 Å². The van der Waals surface area contributed by atoms with Crippen LogP contribution in [0.15, 0.2) is 4.79 Å². The van der Waals surface area contributed by atoms with Gasteiger partial charge < -0.3 is 10.3 Å². The normalized spacial score (nSPS) is 20.8. The third-order valence-electron chi connectivity index (χ3n) is 4.98. The van der Waals surface area contributed by atoms with E-state index in [1.165, 1.54) is 19.3 Å². The number of carbonyl (C=O) groups excluding carboxylic acids is 1. The lowest BCUT2D eigenvalue weighted by atomic mass is 9.86. The van der Waals surface area contributed by atoms with Gasteiger partial charge in [-0.25, -0.2) is 0 Å². The van der Waals surface area contributed by atoms with E-state index in [1.807, 2.05) is 13.0 Å². The van der Waals surface area contributed by atoms with Crippen molar-refractivity contribution in [3.8, 4) is 6.07 Å². The largest absolute Gasteiger partial charge is 0.353 e. The lowest BCUT2D eigenvalue weighted by Gasteiger charge is -2.29. The van der Waals surface area contributed by atoms with Crippen molar-refractivity contribution in [3.63, 3.8) is 0 Å². The highest BCUT2D eigenvalue weighted by Crippen LogP contribution is 2.24. The highest BCUT2D eigenvalue weighted by Gasteiger charge is 2.23. The number of pyridine rings is 1. The topological polar surface area (TPSA) is 85.8 Å².